The molecule has 1 aliphatic heterocycles. The number of hydrogen-bond acceptors (Lipinski definition) is 3. The quantitative estimate of drug-likeness (QED) is 0.568. The normalized spacial score (nSPS) is 18.1. The maximum absolute atomic E-state index is 13.0. The van der Waals surface area contributed by atoms with E-state index >= 15 is 0 Å². The summed E-state index contributed by atoms with van der Waals surface area (Å²) in [5.41, 5.74) is -1.16. The first-order valence-corrected chi connectivity index (χ1v) is 11.6. The van der Waals surface area contributed by atoms with Gasteiger partial charge in [0.05, 0.1) is 21.5 Å². The first-order valence-electron chi connectivity index (χ1n) is 9.02. The molecule has 1 amide bonds. The van der Waals surface area contributed by atoms with E-state index in [4.69, 9.17) is 34.8 Å². The highest BCUT2D eigenvalue weighted by atomic mass is 35.5. The third-order valence-electron chi connectivity index (χ3n) is 4.81. The van der Waals surface area contributed by atoms with Crippen LogP contribution in [-0.2, 0) is 21.0 Å². The van der Waals surface area contributed by atoms with Gasteiger partial charge in [0.2, 0.25) is 15.9 Å². The van der Waals surface area contributed by atoms with Gasteiger partial charge in [-0.05, 0) is 49.2 Å². The number of amides is 1. The lowest BCUT2D eigenvalue weighted by atomic mass is 9.98. The smallest absolute Gasteiger partial charge is 0.326 e. The number of nitrogens with one attached hydrogen (secondary N) is 1. The molecular weight excluding hydrogens is 500 g/mol. The Hall–Kier alpha value is -1.52. The Kier molecular flexibility index (Phi) is 7.12. The Labute approximate surface area is 192 Å². The van der Waals surface area contributed by atoms with E-state index in [1.165, 1.54) is 24.3 Å². The van der Waals surface area contributed by atoms with Crippen molar-refractivity contribution >= 4 is 56.4 Å². The minimum absolute atomic E-state index is 0.00295. The van der Waals surface area contributed by atoms with Crippen LogP contribution >= 0.6 is 34.8 Å². The Morgan fingerprint density at radius 2 is 1.74 bits per heavy atom. The second kappa shape index (κ2) is 9.15. The summed E-state index contributed by atoms with van der Waals surface area (Å²) >= 11 is 17.5. The first kappa shape index (κ1) is 24.1. The second-order valence-corrected chi connectivity index (χ2v) is 10.1. The molecule has 12 heteroatoms. The fourth-order valence-electron chi connectivity index (χ4n) is 3.25. The number of hydrogen-bond donors (Lipinski definition) is 1. The molecule has 3 rings (SSSR count). The van der Waals surface area contributed by atoms with Crippen molar-refractivity contribution in [1.82, 2.24) is 4.31 Å². The van der Waals surface area contributed by atoms with Gasteiger partial charge in [0.1, 0.15) is 4.90 Å². The van der Waals surface area contributed by atoms with Crippen LogP contribution in [0.2, 0.25) is 15.1 Å². The van der Waals surface area contributed by atoms with E-state index < -0.39 is 38.6 Å². The number of sulfonamides is 1. The number of carbonyl (C=O) groups excluding carboxylic acids is 1. The van der Waals surface area contributed by atoms with Crippen molar-refractivity contribution in [3.05, 3.63) is 57.0 Å². The second-order valence-electron chi connectivity index (χ2n) is 6.96. The molecule has 2 aromatic rings. The number of benzene rings is 2. The summed E-state index contributed by atoms with van der Waals surface area (Å²) in [4.78, 5) is 12.5. The van der Waals surface area contributed by atoms with Gasteiger partial charge in [-0.2, -0.15) is 17.5 Å². The Balaban J connectivity index is 1.78. The summed E-state index contributed by atoms with van der Waals surface area (Å²) in [7, 11) is -4.02. The zero-order valence-corrected chi connectivity index (χ0v) is 18.8. The Bertz CT molecular complexity index is 1110. The maximum atomic E-state index is 13.0. The van der Waals surface area contributed by atoms with Gasteiger partial charge in [0.25, 0.3) is 0 Å². The minimum atomic E-state index is -4.68. The average Bonchev–Trinajstić information content (AvgIpc) is 2.70. The molecule has 168 valence electrons. The molecular formula is C19H16Cl3F3N2O3S. The molecule has 0 radical (unpaired) electrons. The van der Waals surface area contributed by atoms with Gasteiger partial charge in [-0.1, -0.05) is 34.8 Å². The molecule has 1 N–H and O–H groups in total. The van der Waals surface area contributed by atoms with Gasteiger partial charge >= 0.3 is 6.18 Å². The number of piperidine rings is 1. The molecule has 5 nitrogen and oxygen atoms in total. The van der Waals surface area contributed by atoms with E-state index in [1.54, 1.807) is 0 Å². The highest BCUT2D eigenvalue weighted by Crippen LogP contribution is 2.36. The highest BCUT2D eigenvalue weighted by molar-refractivity contribution is 7.89. The van der Waals surface area contributed by atoms with Crippen molar-refractivity contribution in [2.24, 2.45) is 5.92 Å². The topological polar surface area (TPSA) is 66.5 Å². The monoisotopic (exact) mass is 514 g/mol. The van der Waals surface area contributed by atoms with Crippen LogP contribution in [0.1, 0.15) is 18.4 Å². The first-order chi connectivity index (χ1) is 14.4. The minimum Gasteiger partial charge on any atom is -0.326 e. The third-order valence-corrected chi connectivity index (χ3v) is 7.72. The van der Waals surface area contributed by atoms with Gasteiger partial charge in [-0.15, -0.1) is 0 Å². The molecule has 0 aliphatic carbocycles. The summed E-state index contributed by atoms with van der Waals surface area (Å²) in [6.45, 7) is 0.0326. The lowest BCUT2D eigenvalue weighted by Gasteiger charge is -2.31. The molecule has 1 heterocycles. The van der Waals surface area contributed by atoms with Crippen molar-refractivity contribution in [1.29, 1.82) is 0 Å². The largest absolute Gasteiger partial charge is 0.417 e. The molecule has 1 aliphatic rings. The van der Waals surface area contributed by atoms with Gasteiger partial charge in [0.15, 0.2) is 0 Å². The fourth-order valence-corrected chi connectivity index (χ4v) is 5.74. The zero-order valence-electron chi connectivity index (χ0n) is 15.7. The van der Waals surface area contributed by atoms with E-state index in [1.807, 2.05) is 0 Å². The highest BCUT2D eigenvalue weighted by Gasteiger charge is 2.36. The predicted molar refractivity (Wildman–Crippen MR) is 113 cm³/mol. The number of alkyl halides is 3. The molecule has 2 aromatic carbocycles. The fraction of sp³-hybridized carbons (Fsp3) is 0.316. The lowest BCUT2D eigenvalue weighted by Crippen LogP contribution is -2.43. The summed E-state index contributed by atoms with van der Waals surface area (Å²) in [5.74, 6) is -1.35. The molecule has 31 heavy (non-hydrogen) atoms. The molecule has 1 saturated heterocycles. The molecule has 1 fully saturated rings. The Morgan fingerprint density at radius 3 is 2.42 bits per heavy atom. The van der Waals surface area contributed by atoms with Crippen LogP contribution in [0.5, 0.6) is 0 Å². The van der Waals surface area contributed by atoms with Crippen molar-refractivity contribution < 1.29 is 26.4 Å². The molecule has 0 spiro atoms. The van der Waals surface area contributed by atoms with Crippen molar-refractivity contribution in [3.63, 3.8) is 0 Å². The van der Waals surface area contributed by atoms with Gasteiger partial charge in [-0.25, -0.2) is 8.42 Å². The number of halogens is 6. The van der Waals surface area contributed by atoms with Gasteiger partial charge in [0, 0.05) is 23.8 Å². The van der Waals surface area contributed by atoms with Crippen molar-refractivity contribution in [2.45, 2.75) is 23.9 Å². The van der Waals surface area contributed by atoms with Crippen LogP contribution in [0.25, 0.3) is 0 Å². The van der Waals surface area contributed by atoms with E-state index in [0.29, 0.717) is 12.8 Å². The number of rotatable bonds is 4. The van der Waals surface area contributed by atoms with Crippen LogP contribution in [-0.4, -0.2) is 31.7 Å². The van der Waals surface area contributed by atoms with E-state index in [2.05, 4.69) is 5.32 Å². The van der Waals surface area contributed by atoms with Crippen LogP contribution < -0.4 is 5.32 Å². The summed E-state index contributed by atoms with van der Waals surface area (Å²) in [6.07, 6.45) is -3.91. The summed E-state index contributed by atoms with van der Waals surface area (Å²) < 4.78 is 66.2. The summed E-state index contributed by atoms with van der Waals surface area (Å²) in [5, 5.41) is 2.12. The number of carbonyl (C=O) groups is 1. The maximum Gasteiger partial charge on any atom is 0.417 e. The molecule has 0 saturated carbocycles. The average molecular weight is 516 g/mol. The lowest BCUT2D eigenvalue weighted by molar-refractivity contribution is -0.137. The van der Waals surface area contributed by atoms with Crippen LogP contribution in [0.4, 0.5) is 18.9 Å². The SMILES string of the molecule is O=C(Nc1ccc(Cl)c(C(F)(F)F)c1)[C@@H]1CCCN(S(=O)(=O)c2cc(Cl)ccc2Cl)C1. The molecule has 0 unspecified atom stereocenters. The van der Waals surface area contributed by atoms with Crippen LogP contribution in [0.15, 0.2) is 41.3 Å². The van der Waals surface area contributed by atoms with Crippen LogP contribution in [0.3, 0.4) is 0 Å². The van der Waals surface area contributed by atoms with Crippen molar-refractivity contribution in [3.8, 4) is 0 Å². The Morgan fingerprint density at radius 1 is 1.06 bits per heavy atom. The van der Waals surface area contributed by atoms with E-state index in [0.717, 1.165) is 16.4 Å². The van der Waals surface area contributed by atoms with Crippen molar-refractivity contribution in [2.75, 3.05) is 18.4 Å². The molecule has 0 bridgehead atoms. The van der Waals surface area contributed by atoms with Gasteiger partial charge in [-0.3, -0.25) is 4.79 Å². The number of anilines is 1. The zero-order chi connectivity index (χ0) is 23.0. The van der Waals surface area contributed by atoms with Gasteiger partial charge < -0.3 is 5.32 Å². The predicted octanol–water partition coefficient (Wildman–Crippen LogP) is 5.71. The standard InChI is InChI=1S/C19H16Cl3F3N2O3S/c20-12-3-5-16(22)17(8-12)31(29,30)27-7-1-2-11(10-27)18(28)26-13-4-6-15(21)14(9-13)19(23,24)25/h3-6,8-9,11H,1-2,7,10H2,(H,26,28)/t11-/m1/s1. The van der Waals surface area contributed by atoms with E-state index in [9.17, 15) is 26.4 Å². The van der Waals surface area contributed by atoms with E-state index in [-0.39, 0.29) is 33.7 Å². The number of nitrogens with zero attached hydrogens (tertiary/aromatic N) is 1. The molecule has 0 aromatic heterocycles. The third kappa shape index (κ3) is 5.46. The summed E-state index contributed by atoms with van der Waals surface area (Å²) in [6, 6.07) is 7.08. The van der Waals surface area contributed by atoms with Crippen LogP contribution in [0, 0.1) is 5.92 Å². The molecule has 1 atom stereocenters.